The minimum absolute atomic E-state index is 0.814. The van der Waals surface area contributed by atoms with Crippen LogP contribution in [0.2, 0.25) is 0 Å². The van der Waals surface area contributed by atoms with Gasteiger partial charge in [0.2, 0.25) is 0 Å². The third-order valence-corrected chi connectivity index (χ3v) is 4.72. The van der Waals surface area contributed by atoms with E-state index >= 15 is 0 Å². The van der Waals surface area contributed by atoms with Gasteiger partial charge in [0.15, 0.2) is 0 Å². The molecule has 1 aromatic rings. The van der Waals surface area contributed by atoms with Crippen molar-refractivity contribution in [2.45, 2.75) is 33.2 Å². The maximum absolute atomic E-state index is 3.59. The summed E-state index contributed by atoms with van der Waals surface area (Å²) in [6, 6.07) is 9.10. The lowest BCUT2D eigenvalue weighted by atomic mass is 10.0. The largest absolute Gasteiger partial charge is 0.369 e. The quantitative estimate of drug-likeness (QED) is 0.832. The Labute approximate surface area is 130 Å². The molecule has 0 bridgehead atoms. The minimum atomic E-state index is 0.814. The van der Waals surface area contributed by atoms with Gasteiger partial charge >= 0.3 is 0 Å². The van der Waals surface area contributed by atoms with E-state index in [4.69, 9.17) is 0 Å². The number of anilines is 1. The average molecular weight is 289 g/mol. The van der Waals surface area contributed by atoms with E-state index in [1.54, 1.807) is 0 Å². The molecule has 1 aromatic carbocycles. The lowest BCUT2D eigenvalue weighted by Crippen LogP contribution is -2.44. The summed E-state index contributed by atoms with van der Waals surface area (Å²) in [4.78, 5) is 4.88. The van der Waals surface area contributed by atoms with Crippen LogP contribution < -0.4 is 10.2 Å². The highest BCUT2D eigenvalue weighted by Crippen LogP contribution is 2.17. The smallest absolute Gasteiger partial charge is 0.0367 e. The van der Waals surface area contributed by atoms with Gasteiger partial charge in [-0.1, -0.05) is 38.8 Å². The number of rotatable bonds is 7. The topological polar surface area (TPSA) is 18.5 Å². The van der Waals surface area contributed by atoms with Crippen molar-refractivity contribution in [2.75, 3.05) is 44.7 Å². The van der Waals surface area contributed by atoms with Crippen molar-refractivity contribution < 1.29 is 0 Å². The first-order valence-corrected chi connectivity index (χ1v) is 8.46. The van der Waals surface area contributed by atoms with Crippen LogP contribution in [0.5, 0.6) is 0 Å². The summed E-state index contributed by atoms with van der Waals surface area (Å²) in [6.07, 6.45) is 2.54. The monoisotopic (exact) mass is 289 g/mol. The highest BCUT2D eigenvalue weighted by atomic mass is 15.2. The summed E-state index contributed by atoms with van der Waals surface area (Å²) >= 11 is 0. The molecule has 1 saturated heterocycles. The van der Waals surface area contributed by atoms with Crippen molar-refractivity contribution >= 4 is 5.69 Å². The molecule has 0 saturated carbocycles. The predicted octanol–water partition coefficient (Wildman–Crippen LogP) is 2.96. The molecule has 2 rings (SSSR count). The summed E-state index contributed by atoms with van der Waals surface area (Å²) in [6.45, 7) is 11.3. The highest BCUT2D eigenvalue weighted by molar-refractivity contribution is 5.48. The Morgan fingerprint density at radius 3 is 2.19 bits per heavy atom. The Morgan fingerprint density at radius 2 is 1.62 bits per heavy atom. The van der Waals surface area contributed by atoms with Gasteiger partial charge in [-0.25, -0.2) is 0 Å². The number of piperazine rings is 1. The SMILES string of the molecule is CCC(CC)CNCc1ccc(N2CCN(C)CC2)cc1. The third kappa shape index (κ3) is 5.01. The molecule has 1 aliphatic heterocycles. The zero-order valence-corrected chi connectivity index (χ0v) is 13.9. The number of hydrogen-bond donors (Lipinski definition) is 1. The molecule has 0 amide bonds. The van der Waals surface area contributed by atoms with Crippen LogP contribution in [0.15, 0.2) is 24.3 Å². The molecule has 1 N–H and O–H groups in total. The molecular formula is C18H31N3. The van der Waals surface area contributed by atoms with E-state index in [1.807, 2.05) is 0 Å². The van der Waals surface area contributed by atoms with Crippen LogP contribution in [-0.4, -0.2) is 44.7 Å². The molecule has 3 nitrogen and oxygen atoms in total. The van der Waals surface area contributed by atoms with Gasteiger partial charge in [0.1, 0.15) is 0 Å². The van der Waals surface area contributed by atoms with Crippen LogP contribution in [0, 0.1) is 5.92 Å². The van der Waals surface area contributed by atoms with E-state index in [1.165, 1.54) is 37.2 Å². The number of hydrogen-bond acceptors (Lipinski definition) is 3. The Hall–Kier alpha value is -1.06. The zero-order chi connectivity index (χ0) is 15.1. The van der Waals surface area contributed by atoms with Crippen LogP contribution in [0.25, 0.3) is 0 Å². The molecule has 0 unspecified atom stereocenters. The molecule has 118 valence electrons. The molecule has 0 aromatic heterocycles. The van der Waals surface area contributed by atoms with Gasteiger partial charge in [0.25, 0.3) is 0 Å². The lowest BCUT2D eigenvalue weighted by molar-refractivity contribution is 0.313. The summed E-state index contributed by atoms with van der Waals surface area (Å²) in [5.41, 5.74) is 2.76. The Balaban J connectivity index is 1.79. The fourth-order valence-electron chi connectivity index (χ4n) is 2.89. The van der Waals surface area contributed by atoms with Crippen LogP contribution >= 0.6 is 0 Å². The van der Waals surface area contributed by atoms with Crippen LogP contribution in [-0.2, 0) is 6.54 Å². The zero-order valence-electron chi connectivity index (χ0n) is 13.9. The summed E-state index contributed by atoms with van der Waals surface area (Å²) < 4.78 is 0. The standard InChI is InChI=1S/C18H31N3/c1-4-16(5-2)14-19-15-17-6-8-18(9-7-17)21-12-10-20(3)11-13-21/h6-9,16,19H,4-5,10-15H2,1-3H3. The van der Waals surface area contributed by atoms with Crippen molar-refractivity contribution in [3.8, 4) is 0 Å². The van der Waals surface area contributed by atoms with Gasteiger partial charge in [-0.05, 0) is 37.2 Å². The molecule has 1 heterocycles. The van der Waals surface area contributed by atoms with E-state index in [0.717, 1.165) is 32.1 Å². The Morgan fingerprint density at radius 1 is 1.00 bits per heavy atom. The molecule has 0 radical (unpaired) electrons. The first-order chi connectivity index (χ1) is 10.2. The molecule has 0 aliphatic carbocycles. The first kappa shape index (κ1) is 16.3. The number of nitrogens with zero attached hydrogens (tertiary/aromatic N) is 2. The van der Waals surface area contributed by atoms with Gasteiger partial charge in [-0.15, -0.1) is 0 Å². The van der Waals surface area contributed by atoms with Crippen molar-refractivity contribution in [1.29, 1.82) is 0 Å². The second-order valence-electron chi connectivity index (χ2n) is 6.27. The Kier molecular flexibility index (Phi) is 6.52. The normalized spacial score (nSPS) is 16.7. The van der Waals surface area contributed by atoms with Gasteiger partial charge < -0.3 is 15.1 Å². The second-order valence-corrected chi connectivity index (χ2v) is 6.27. The fourth-order valence-corrected chi connectivity index (χ4v) is 2.89. The molecule has 0 spiro atoms. The van der Waals surface area contributed by atoms with Crippen molar-refractivity contribution in [3.05, 3.63) is 29.8 Å². The first-order valence-electron chi connectivity index (χ1n) is 8.46. The molecule has 1 fully saturated rings. The molecular weight excluding hydrogens is 258 g/mol. The third-order valence-electron chi connectivity index (χ3n) is 4.72. The van der Waals surface area contributed by atoms with E-state index in [0.29, 0.717) is 0 Å². The molecule has 21 heavy (non-hydrogen) atoms. The molecule has 0 atom stereocenters. The van der Waals surface area contributed by atoms with E-state index < -0.39 is 0 Å². The number of likely N-dealkylation sites (N-methyl/N-ethyl adjacent to an activating group) is 1. The minimum Gasteiger partial charge on any atom is -0.369 e. The van der Waals surface area contributed by atoms with Crippen molar-refractivity contribution in [3.63, 3.8) is 0 Å². The van der Waals surface area contributed by atoms with E-state index in [-0.39, 0.29) is 0 Å². The van der Waals surface area contributed by atoms with Crippen molar-refractivity contribution in [1.82, 2.24) is 10.2 Å². The van der Waals surface area contributed by atoms with Gasteiger partial charge in [-0.3, -0.25) is 0 Å². The van der Waals surface area contributed by atoms with Gasteiger partial charge in [-0.2, -0.15) is 0 Å². The maximum Gasteiger partial charge on any atom is 0.0367 e. The van der Waals surface area contributed by atoms with Gasteiger partial charge in [0, 0.05) is 38.4 Å². The van der Waals surface area contributed by atoms with Crippen molar-refractivity contribution in [2.24, 2.45) is 5.92 Å². The van der Waals surface area contributed by atoms with Crippen LogP contribution in [0.4, 0.5) is 5.69 Å². The Bertz CT molecular complexity index is 389. The van der Waals surface area contributed by atoms with Crippen LogP contribution in [0.1, 0.15) is 32.3 Å². The summed E-state index contributed by atoms with van der Waals surface area (Å²) in [5.74, 6) is 0.814. The number of nitrogens with one attached hydrogen (secondary N) is 1. The maximum atomic E-state index is 3.59. The summed E-state index contributed by atoms with van der Waals surface area (Å²) in [5, 5.41) is 3.59. The lowest BCUT2D eigenvalue weighted by Gasteiger charge is -2.34. The highest BCUT2D eigenvalue weighted by Gasteiger charge is 2.13. The predicted molar refractivity (Wildman–Crippen MR) is 91.9 cm³/mol. The van der Waals surface area contributed by atoms with E-state index in [2.05, 4.69) is 60.3 Å². The molecule has 1 aliphatic rings. The fraction of sp³-hybridized carbons (Fsp3) is 0.667. The second kappa shape index (κ2) is 8.40. The van der Waals surface area contributed by atoms with Crippen LogP contribution in [0.3, 0.4) is 0 Å². The number of benzene rings is 1. The van der Waals surface area contributed by atoms with Gasteiger partial charge in [0.05, 0.1) is 0 Å². The average Bonchev–Trinajstić information content (AvgIpc) is 2.53. The molecule has 3 heteroatoms. The summed E-state index contributed by atoms with van der Waals surface area (Å²) in [7, 11) is 2.20. The van der Waals surface area contributed by atoms with E-state index in [9.17, 15) is 0 Å².